The van der Waals surface area contributed by atoms with E-state index in [1.54, 1.807) is 0 Å². The molecule has 116 valence electrons. The summed E-state index contributed by atoms with van der Waals surface area (Å²) in [5.41, 5.74) is -0.594. The van der Waals surface area contributed by atoms with Crippen molar-refractivity contribution in [3.05, 3.63) is 16.5 Å². The molecule has 1 rings (SSSR count). The highest BCUT2D eigenvalue weighted by Gasteiger charge is 2.32. The number of halogens is 1. The largest absolute Gasteiger partial charge is 0.450 e. The highest BCUT2D eigenvalue weighted by atomic mass is 79.9. The lowest BCUT2D eigenvalue weighted by Crippen LogP contribution is -2.45. The zero-order valence-electron chi connectivity index (χ0n) is 12.4. The van der Waals surface area contributed by atoms with E-state index in [-0.39, 0.29) is 27.3 Å². The number of hydrogen-bond acceptors (Lipinski definition) is 4. The molecule has 2 N–H and O–H groups in total. The van der Waals surface area contributed by atoms with Crippen molar-refractivity contribution < 1.29 is 17.9 Å². The molecular formula is C13H22BrNO4S. The quantitative estimate of drug-likeness (QED) is 0.837. The van der Waals surface area contributed by atoms with E-state index in [1.165, 1.54) is 6.07 Å². The molecule has 0 fully saturated rings. The minimum atomic E-state index is -3.71. The van der Waals surface area contributed by atoms with Gasteiger partial charge in [-0.2, -0.15) is 0 Å². The molecule has 7 heteroatoms. The maximum atomic E-state index is 12.4. The highest BCUT2D eigenvalue weighted by molar-refractivity contribution is 9.10. The number of hydrogen-bond donors (Lipinski definition) is 2. The Hall–Kier alpha value is -0.370. The van der Waals surface area contributed by atoms with Gasteiger partial charge in [-0.3, -0.25) is 0 Å². The van der Waals surface area contributed by atoms with Gasteiger partial charge < -0.3 is 9.52 Å². The maximum absolute atomic E-state index is 12.4. The SMILES string of the molecule is CC(C)(C)CC(C)(C)NS(=O)(=O)c1cc(CO)oc1Br. The van der Waals surface area contributed by atoms with Crippen LogP contribution >= 0.6 is 15.9 Å². The molecule has 0 radical (unpaired) electrons. The first kappa shape index (κ1) is 17.7. The Morgan fingerprint density at radius 2 is 1.85 bits per heavy atom. The van der Waals surface area contributed by atoms with Gasteiger partial charge in [-0.05, 0) is 41.6 Å². The summed E-state index contributed by atoms with van der Waals surface area (Å²) in [7, 11) is -3.71. The van der Waals surface area contributed by atoms with Gasteiger partial charge in [0, 0.05) is 11.6 Å². The normalized spacial score (nSPS) is 13.8. The van der Waals surface area contributed by atoms with Crippen molar-refractivity contribution in [1.82, 2.24) is 4.72 Å². The minimum absolute atomic E-state index is 0.00327. The van der Waals surface area contributed by atoms with E-state index in [1.807, 2.05) is 13.8 Å². The number of rotatable bonds is 5. The van der Waals surface area contributed by atoms with E-state index in [0.29, 0.717) is 6.42 Å². The third-order valence-electron chi connectivity index (χ3n) is 2.53. The van der Waals surface area contributed by atoms with Crippen LogP contribution in [0.15, 0.2) is 20.0 Å². The fraction of sp³-hybridized carbons (Fsp3) is 0.692. The average Bonchev–Trinajstić information content (AvgIpc) is 2.54. The molecule has 0 aliphatic heterocycles. The summed E-state index contributed by atoms with van der Waals surface area (Å²) in [5, 5.41) is 9.00. The monoisotopic (exact) mass is 367 g/mol. The van der Waals surface area contributed by atoms with Gasteiger partial charge in [0.2, 0.25) is 10.0 Å². The molecule has 0 aliphatic carbocycles. The fourth-order valence-electron chi connectivity index (χ4n) is 2.44. The van der Waals surface area contributed by atoms with Gasteiger partial charge in [-0.1, -0.05) is 20.8 Å². The molecular weight excluding hydrogens is 346 g/mol. The van der Waals surface area contributed by atoms with Crippen molar-refractivity contribution in [2.45, 2.75) is 58.1 Å². The van der Waals surface area contributed by atoms with Gasteiger partial charge >= 0.3 is 0 Å². The molecule has 5 nitrogen and oxygen atoms in total. The number of furan rings is 1. The molecule has 0 saturated carbocycles. The van der Waals surface area contributed by atoms with Crippen LogP contribution in [0.3, 0.4) is 0 Å². The molecule has 1 aromatic rings. The van der Waals surface area contributed by atoms with Gasteiger partial charge in [0.15, 0.2) is 4.67 Å². The molecule has 0 amide bonds. The Morgan fingerprint density at radius 1 is 1.30 bits per heavy atom. The van der Waals surface area contributed by atoms with Crippen molar-refractivity contribution in [1.29, 1.82) is 0 Å². The summed E-state index contributed by atoms with van der Waals surface area (Å²) < 4.78 is 32.7. The molecule has 1 aromatic heterocycles. The Balaban J connectivity index is 3.03. The second-order valence-corrected chi connectivity index (χ2v) is 9.11. The van der Waals surface area contributed by atoms with Gasteiger partial charge in [0.05, 0.1) is 0 Å². The average molecular weight is 368 g/mol. The van der Waals surface area contributed by atoms with E-state index in [0.717, 1.165) is 0 Å². The van der Waals surface area contributed by atoms with Crippen LogP contribution in [-0.2, 0) is 16.6 Å². The standard InChI is InChI=1S/C13H22BrNO4S/c1-12(2,3)8-13(4,5)15-20(17,18)10-6-9(7-16)19-11(10)14/h6,15-16H,7-8H2,1-5H3. The minimum Gasteiger partial charge on any atom is -0.450 e. The van der Waals surface area contributed by atoms with Gasteiger partial charge in [-0.25, -0.2) is 13.1 Å². The van der Waals surface area contributed by atoms with E-state index in [2.05, 4.69) is 41.4 Å². The van der Waals surface area contributed by atoms with Crippen LogP contribution in [0.1, 0.15) is 46.8 Å². The Bertz CT molecular complexity index is 570. The van der Waals surface area contributed by atoms with Crippen LogP contribution in [0.5, 0.6) is 0 Å². The van der Waals surface area contributed by atoms with Crippen molar-refractivity contribution >= 4 is 26.0 Å². The lowest BCUT2D eigenvalue weighted by atomic mass is 9.82. The lowest BCUT2D eigenvalue weighted by Gasteiger charge is -2.32. The Kier molecular flexibility index (Phi) is 5.12. The summed E-state index contributed by atoms with van der Waals surface area (Å²) in [5.74, 6) is 0.200. The van der Waals surface area contributed by atoms with Crippen LogP contribution in [0, 0.1) is 5.41 Å². The first-order valence-electron chi connectivity index (χ1n) is 6.29. The number of sulfonamides is 1. The van der Waals surface area contributed by atoms with Crippen molar-refractivity contribution in [2.75, 3.05) is 0 Å². The van der Waals surface area contributed by atoms with Crippen LogP contribution in [0.25, 0.3) is 0 Å². The molecule has 20 heavy (non-hydrogen) atoms. The molecule has 0 unspecified atom stereocenters. The van der Waals surface area contributed by atoms with Crippen molar-refractivity contribution in [2.24, 2.45) is 5.41 Å². The molecule has 0 atom stereocenters. The zero-order valence-corrected chi connectivity index (χ0v) is 14.9. The van der Waals surface area contributed by atoms with Crippen LogP contribution in [0.4, 0.5) is 0 Å². The summed E-state index contributed by atoms with van der Waals surface area (Å²) in [6, 6.07) is 1.32. The first-order valence-corrected chi connectivity index (χ1v) is 8.57. The van der Waals surface area contributed by atoms with Gasteiger partial charge in [-0.15, -0.1) is 0 Å². The summed E-state index contributed by atoms with van der Waals surface area (Å²) in [6.07, 6.45) is 0.682. The maximum Gasteiger partial charge on any atom is 0.245 e. The molecule has 1 heterocycles. The van der Waals surface area contributed by atoms with Crippen LogP contribution in [-0.4, -0.2) is 19.1 Å². The van der Waals surface area contributed by atoms with Crippen molar-refractivity contribution in [3.63, 3.8) is 0 Å². The summed E-state index contributed by atoms with van der Waals surface area (Å²) in [4.78, 5) is 0.00327. The fourth-order valence-corrected chi connectivity index (χ4v) is 4.85. The molecule has 0 aliphatic rings. The van der Waals surface area contributed by atoms with Crippen molar-refractivity contribution in [3.8, 4) is 0 Å². The summed E-state index contributed by atoms with van der Waals surface area (Å²) in [6.45, 7) is 9.51. The third-order valence-corrected chi connectivity index (χ3v) is 5.09. The lowest BCUT2D eigenvalue weighted by molar-refractivity contribution is 0.245. The Morgan fingerprint density at radius 3 is 2.25 bits per heavy atom. The smallest absolute Gasteiger partial charge is 0.245 e. The van der Waals surface area contributed by atoms with E-state index in [4.69, 9.17) is 9.52 Å². The van der Waals surface area contributed by atoms with E-state index >= 15 is 0 Å². The predicted octanol–water partition coefficient (Wildman–Crippen LogP) is 3.03. The van der Waals surface area contributed by atoms with Gasteiger partial charge in [0.25, 0.3) is 0 Å². The molecule has 0 saturated heterocycles. The number of nitrogens with one attached hydrogen (secondary N) is 1. The molecule has 0 bridgehead atoms. The topological polar surface area (TPSA) is 79.5 Å². The molecule has 0 spiro atoms. The second-order valence-electron chi connectivity index (χ2n) is 6.74. The van der Waals surface area contributed by atoms with E-state index in [9.17, 15) is 8.42 Å². The second kappa shape index (κ2) is 5.79. The number of aliphatic hydroxyl groups excluding tert-OH is 1. The zero-order chi connectivity index (χ0) is 15.8. The first-order chi connectivity index (χ1) is 8.86. The predicted molar refractivity (Wildman–Crippen MR) is 80.8 cm³/mol. The van der Waals surface area contributed by atoms with Gasteiger partial charge in [0.1, 0.15) is 17.3 Å². The van der Waals surface area contributed by atoms with E-state index < -0.39 is 15.6 Å². The summed E-state index contributed by atoms with van der Waals surface area (Å²) >= 11 is 3.07. The highest BCUT2D eigenvalue weighted by Crippen LogP contribution is 2.31. The number of aliphatic hydroxyl groups is 1. The van der Waals surface area contributed by atoms with Crippen LogP contribution < -0.4 is 4.72 Å². The Labute approximate surface area is 128 Å². The third kappa shape index (κ3) is 4.87. The molecule has 0 aromatic carbocycles. The van der Waals surface area contributed by atoms with Crippen LogP contribution in [0.2, 0.25) is 0 Å².